The van der Waals surface area contributed by atoms with Gasteiger partial charge >= 0.3 is 5.97 Å². The minimum atomic E-state index is -0.558. The first-order chi connectivity index (χ1) is 9.30. The minimum absolute atomic E-state index is 0.111. The maximum Gasteiger partial charge on any atom is 0.310 e. The molecular formula is C15H18O5. The summed E-state index contributed by atoms with van der Waals surface area (Å²) in [4.78, 5) is 11.6. The van der Waals surface area contributed by atoms with Gasteiger partial charge in [0.2, 0.25) is 5.75 Å². The van der Waals surface area contributed by atoms with Crippen LogP contribution in [0.5, 0.6) is 17.2 Å². The van der Waals surface area contributed by atoms with E-state index in [1.807, 2.05) is 13.8 Å². The third-order valence-electron chi connectivity index (χ3n) is 4.05. The van der Waals surface area contributed by atoms with E-state index in [1.54, 1.807) is 6.92 Å². The van der Waals surface area contributed by atoms with E-state index in [-0.39, 0.29) is 23.9 Å². The zero-order valence-corrected chi connectivity index (χ0v) is 11.8. The number of ether oxygens (including phenoxy) is 2. The van der Waals surface area contributed by atoms with Crippen molar-refractivity contribution in [3.05, 3.63) is 16.7 Å². The Morgan fingerprint density at radius 2 is 1.90 bits per heavy atom. The largest absolute Gasteiger partial charge is 0.504 e. The lowest BCUT2D eigenvalue weighted by Crippen LogP contribution is -2.34. The standard InChI is InChI=1S/C15H18O5/c1-7-11-9(6-10(16)19-7)8-4-5-15(2,3)20-14(8)13(18)12(11)17/h7,17-18H,4-6H2,1-3H3/t7-/m0/s1. The summed E-state index contributed by atoms with van der Waals surface area (Å²) in [6.07, 6.45) is 1.05. The predicted molar refractivity (Wildman–Crippen MR) is 71.0 cm³/mol. The third-order valence-corrected chi connectivity index (χ3v) is 4.05. The van der Waals surface area contributed by atoms with Crippen LogP contribution >= 0.6 is 0 Å². The molecule has 3 rings (SSSR count). The monoisotopic (exact) mass is 278 g/mol. The molecule has 0 bridgehead atoms. The van der Waals surface area contributed by atoms with Crippen LogP contribution in [0.15, 0.2) is 0 Å². The van der Waals surface area contributed by atoms with Crippen molar-refractivity contribution in [1.82, 2.24) is 0 Å². The van der Waals surface area contributed by atoms with Crippen LogP contribution < -0.4 is 4.74 Å². The number of phenols is 2. The van der Waals surface area contributed by atoms with E-state index in [1.165, 1.54) is 0 Å². The van der Waals surface area contributed by atoms with E-state index in [0.717, 1.165) is 17.5 Å². The van der Waals surface area contributed by atoms with Gasteiger partial charge in [-0.05, 0) is 39.2 Å². The minimum Gasteiger partial charge on any atom is -0.504 e. The highest BCUT2D eigenvalue weighted by Gasteiger charge is 2.38. The Kier molecular flexibility index (Phi) is 2.64. The van der Waals surface area contributed by atoms with Gasteiger partial charge in [-0.25, -0.2) is 0 Å². The van der Waals surface area contributed by atoms with Gasteiger partial charge in [0.05, 0.1) is 6.42 Å². The highest BCUT2D eigenvalue weighted by atomic mass is 16.5. The van der Waals surface area contributed by atoms with E-state index < -0.39 is 11.7 Å². The number of benzene rings is 1. The summed E-state index contributed by atoms with van der Waals surface area (Å²) >= 11 is 0. The van der Waals surface area contributed by atoms with Crippen molar-refractivity contribution in [2.75, 3.05) is 0 Å². The molecule has 2 heterocycles. The molecule has 0 unspecified atom stereocenters. The van der Waals surface area contributed by atoms with Crippen molar-refractivity contribution in [2.24, 2.45) is 0 Å². The van der Waals surface area contributed by atoms with Crippen LogP contribution in [0.1, 0.15) is 50.0 Å². The Bertz CT molecular complexity index is 603. The molecule has 0 saturated heterocycles. The van der Waals surface area contributed by atoms with Gasteiger partial charge in [0.15, 0.2) is 11.5 Å². The fourth-order valence-electron chi connectivity index (χ4n) is 3.03. The number of fused-ring (bicyclic) bond motifs is 3. The van der Waals surface area contributed by atoms with Crippen molar-refractivity contribution in [1.29, 1.82) is 0 Å². The molecule has 0 saturated carbocycles. The Balaban J connectivity index is 2.25. The first kappa shape index (κ1) is 13.1. The molecule has 1 aromatic rings. The molecular weight excluding hydrogens is 260 g/mol. The summed E-state index contributed by atoms with van der Waals surface area (Å²) in [6, 6.07) is 0. The summed E-state index contributed by atoms with van der Waals surface area (Å²) in [5, 5.41) is 20.4. The van der Waals surface area contributed by atoms with Crippen molar-refractivity contribution in [3.63, 3.8) is 0 Å². The fourth-order valence-corrected chi connectivity index (χ4v) is 3.03. The SMILES string of the molecule is C[C@@H]1OC(=O)Cc2c3c(c(O)c(O)c21)OC(C)(C)CC3. The van der Waals surface area contributed by atoms with E-state index in [9.17, 15) is 15.0 Å². The number of aromatic hydroxyl groups is 2. The van der Waals surface area contributed by atoms with Crippen LogP contribution in [0.4, 0.5) is 0 Å². The summed E-state index contributed by atoms with van der Waals surface area (Å²) in [6.45, 7) is 5.56. The van der Waals surface area contributed by atoms with Crippen LogP contribution in [-0.4, -0.2) is 21.8 Å². The van der Waals surface area contributed by atoms with Gasteiger partial charge in [0, 0.05) is 11.1 Å². The molecule has 2 N–H and O–H groups in total. The predicted octanol–water partition coefficient (Wildman–Crippen LogP) is 2.36. The van der Waals surface area contributed by atoms with E-state index in [2.05, 4.69) is 0 Å². The van der Waals surface area contributed by atoms with Gasteiger partial charge in [0.1, 0.15) is 11.7 Å². The Labute approximate surface area is 117 Å². The van der Waals surface area contributed by atoms with Crippen molar-refractivity contribution >= 4 is 5.97 Å². The molecule has 20 heavy (non-hydrogen) atoms. The number of rotatable bonds is 0. The second-order valence-electron chi connectivity index (χ2n) is 6.07. The summed E-state index contributed by atoms with van der Waals surface area (Å²) in [5.41, 5.74) is 1.67. The second kappa shape index (κ2) is 4.04. The van der Waals surface area contributed by atoms with Gasteiger partial charge in [-0.1, -0.05) is 0 Å². The van der Waals surface area contributed by atoms with Gasteiger partial charge < -0.3 is 19.7 Å². The Morgan fingerprint density at radius 1 is 1.20 bits per heavy atom. The topological polar surface area (TPSA) is 76.0 Å². The van der Waals surface area contributed by atoms with Crippen molar-refractivity contribution < 1.29 is 24.5 Å². The van der Waals surface area contributed by atoms with Gasteiger partial charge in [0.25, 0.3) is 0 Å². The lowest BCUT2D eigenvalue weighted by molar-refractivity contribution is -0.149. The van der Waals surface area contributed by atoms with E-state index in [4.69, 9.17) is 9.47 Å². The summed E-state index contributed by atoms with van der Waals surface area (Å²) in [7, 11) is 0. The summed E-state index contributed by atoms with van der Waals surface area (Å²) < 4.78 is 10.9. The fraction of sp³-hybridized carbons (Fsp3) is 0.533. The second-order valence-corrected chi connectivity index (χ2v) is 6.07. The Hall–Kier alpha value is -1.91. The lowest BCUT2D eigenvalue weighted by atomic mass is 9.85. The molecule has 2 aliphatic rings. The molecule has 1 atom stereocenters. The molecule has 2 aliphatic heterocycles. The van der Waals surface area contributed by atoms with E-state index >= 15 is 0 Å². The molecule has 0 radical (unpaired) electrons. The number of cyclic esters (lactones) is 1. The third kappa shape index (κ3) is 1.80. The quantitative estimate of drug-likeness (QED) is 0.563. The zero-order chi connectivity index (χ0) is 14.7. The Morgan fingerprint density at radius 3 is 2.60 bits per heavy atom. The molecule has 0 aliphatic carbocycles. The molecule has 5 heteroatoms. The zero-order valence-electron chi connectivity index (χ0n) is 11.8. The van der Waals surface area contributed by atoms with Gasteiger partial charge in [-0.3, -0.25) is 4.79 Å². The highest BCUT2D eigenvalue weighted by molar-refractivity contribution is 5.79. The molecule has 5 nitrogen and oxygen atoms in total. The maximum absolute atomic E-state index is 11.6. The molecule has 0 fully saturated rings. The number of carbonyl (C=O) groups is 1. The van der Waals surface area contributed by atoms with Crippen LogP contribution in [0.25, 0.3) is 0 Å². The number of carbonyl (C=O) groups excluding carboxylic acids is 1. The average Bonchev–Trinajstić information content (AvgIpc) is 2.34. The smallest absolute Gasteiger partial charge is 0.310 e. The first-order valence-corrected chi connectivity index (χ1v) is 6.78. The highest BCUT2D eigenvalue weighted by Crippen LogP contribution is 2.51. The average molecular weight is 278 g/mol. The van der Waals surface area contributed by atoms with Crippen molar-refractivity contribution in [2.45, 2.75) is 51.7 Å². The van der Waals surface area contributed by atoms with Crippen LogP contribution in [0.2, 0.25) is 0 Å². The molecule has 0 spiro atoms. The number of esters is 1. The number of phenolic OH excluding ortho intramolecular Hbond substituents is 2. The normalized spacial score (nSPS) is 23.4. The van der Waals surface area contributed by atoms with E-state index in [0.29, 0.717) is 17.7 Å². The molecule has 1 aromatic carbocycles. The van der Waals surface area contributed by atoms with Gasteiger partial charge in [-0.15, -0.1) is 0 Å². The molecule has 0 aromatic heterocycles. The van der Waals surface area contributed by atoms with Gasteiger partial charge in [-0.2, -0.15) is 0 Å². The first-order valence-electron chi connectivity index (χ1n) is 6.78. The molecule has 0 amide bonds. The van der Waals surface area contributed by atoms with Crippen LogP contribution in [0, 0.1) is 0 Å². The summed E-state index contributed by atoms with van der Waals surface area (Å²) in [5.74, 6) is -0.505. The number of hydrogen-bond donors (Lipinski definition) is 2. The van der Waals surface area contributed by atoms with Crippen molar-refractivity contribution in [3.8, 4) is 17.2 Å². The lowest BCUT2D eigenvalue weighted by Gasteiger charge is -2.36. The van der Waals surface area contributed by atoms with Crippen LogP contribution in [-0.2, 0) is 22.4 Å². The molecule has 108 valence electrons. The van der Waals surface area contributed by atoms with Crippen LogP contribution in [0.3, 0.4) is 0 Å². The number of hydrogen-bond acceptors (Lipinski definition) is 5. The maximum atomic E-state index is 11.6.